The second-order valence-electron chi connectivity index (χ2n) is 5.06. The zero-order valence-corrected chi connectivity index (χ0v) is 12.7. The molecule has 1 amide bonds. The number of carbonyl (C=O) groups excluding carboxylic acids is 1. The molecule has 0 bridgehead atoms. The van der Waals surface area contributed by atoms with Crippen molar-refractivity contribution in [1.82, 2.24) is 4.98 Å². The number of amides is 1. The van der Waals surface area contributed by atoms with E-state index in [0.717, 1.165) is 28.2 Å². The fraction of sp³-hybridized carbons (Fsp3) is 0.294. The molecule has 0 aliphatic heterocycles. The van der Waals surface area contributed by atoms with Crippen molar-refractivity contribution in [3.63, 3.8) is 0 Å². The lowest BCUT2D eigenvalue weighted by atomic mass is 10.1. The van der Waals surface area contributed by atoms with Gasteiger partial charge in [0, 0.05) is 24.0 Å². The third kappa shape index (κ3) is 4.05. The Kier molecular flexibility index (Phi) is 4.93. The van der Waals surface area contributed by atoms with Crippen molar-refractivity contribution < 1.29 is 4.79 Å². The zero-order valence-electron chi connectivity index (χ0n) is 12.7. The minimum Gasteiger partial charge on any atom is -0.379 e. The number of anilines is 2. The van der Waals surface area contributed by atoms with E-state index in [9.17, 15) is 4.79 Å². The van der Waals surface area contributed by atoms with Crippen LogP contribution in [0.4, 0.5) is 11.4 Å². The van der Waals surface area contributed by atoms with Crippen LogP contribution in [0.15, 0.2) is 36.5 Å². The summed E-state index contributed by atoms with van der Waals surface area (Å²) >= 11 is 0. The number of pyridine rings is 1. The van der Waals surface area contributed by atoms with Crippen molar-refractivity contribution in [1.29, 1.82) is 0 Å². The van der Waals surface area contributed by atoms with Crippen LogP contribution in [0.3, 0.4) is 0 Å². The number of hydrogen-bond donors (Lipinski definition) is 2. The van der Waals surface area contributed by atoms with Gasteiger partial charge in [-0.2, -0.15) is 0 Å². The summed E-state index contributed by atoms with van der Waals surface area (Å²) in [6.07, 6.45) is 2.34. The van der Waals surface area contributed by atoms with Gasteiger partial charge in [-0.1, -0.05) is 19.1 Å². The van der Waals surface area contributed by atoms with E-state index in [1.54, 1.807) is 0 Å². The van der Waals surface area contributed by atoms with E-state index >= 15 is 0 Å². The Bertz CT molecular complexity index is 620. The minimum absolute atomic E-state index is 0.0236. The molecule has 0 unspecified atom stereocenters. The Morgan fingerprint density at radius 3 is 2.57 bits per heavy atom. The van der Waals surface area contributed by atoms with Gasteiger partial charge in [-0.3, -0.25) is 9.78 Å². The fourth-order valence-corrected chi connectivity index (χ4v) is 1.99. The van der Waals surface area contributed by atoms with Crippen molar-refractivity contribution in [2.75, 3.05) is 10.6 Å². The second-order valence-corrected chi connectivity index (χ2v) is 5.06. The van der Waals surface area contributed by atoms with Crippen LogP contribution in [-0.2, 0) is 11.3 Å². The van der Waals surface area contributed by atoms with Crippen LogP contribution >= 0.6 is 0 Å². The standard InChI is InChI=1S/C17H21N3O/c1-4-17(21)20-16-7-5-6-15(13(16)3)19-11-14-9-8-12(2)10-18-14/h5-10,19H,4,11H2,1-3H3,(H,20,21). The molecule has 4 nitrogen and oxygen atoms in total. The van der Waals surface area contributed by atoms with Crippen LogP contribution in [0.1, 0.15) is 30.2 Å². The Morgan fingerprint density at radius 1 is 1.14 bits per heavy atom. The largest absolute Gasteiger partial charge is 0.379 e. The lowest BCUT2D eigenvalue weighted by Crippen LogP contribution is -2.11. The predicted molar refractivity (Wildman–Crippen MR) is 86.4 cm³/mol. The molecule has 0 aliphatic carbocycles. The topological polar surface area (TPSA) is 54.0 Å². The van der Waals surface area contributed by atoms with E-state index in [1.165, 1.54) is 0 Å². The first-order chi connectivity index (χ1) is 10.1. The molecule has 0 spiro atoms. The van der Waals surface area contributed by atoms with Gasteiger partial charge in [0.05, 0.1) is 12.2 Å². The van der Waals surface area contributed by atoms with Crippen molar-refractivity contribution in [3.05, 3.63) is 53.3 Å². The first-order valence-electron chi connectivity index (χ1n) is 7.15. The highest BCUT2D eigenvalue weighted by Gasteiger charge is 2.06. The average molecular weight is 283 g/mol. The van der Waals surface area contributed by atoms with Gasteiger partial charge >= 0.3 is 0 Å². The molecule has 1 heterocycles. The number of nitrogens with zero attached hydrogens (tertiary/aromatic N) is 1. The monoisotopic (exact) mass is 283 g/mol. The number of rotatable bonds is 5. The quantitative estimate of drug-likeness (QED) is 0.880. The molecule has 0 aliphatic rings. The predicted octanol–water partition coefficient (Wildman–Crippen LogP) is 3.66. The Hall–Kier alpha value is -2.36. The van der Waals surface area contributed by atoms with Gasteiger partial charge < -0.3 is 10.6 Å². The summed E-state index contributed by atoms with van der Waals surface area (Å²) in [5.41, 5.74) is 5.03. The molecular weight excluding hydrogens is 262 g/mol. The van der Waals surface area contributed by atoms with Crippen LogP contribution in [0.2, 0.25) is 0 Å². The molecule has 0 fully saturated rings. The Morgan fingerprint density at radius 2 is 1.90 bits per heavy atom. The molecule has 2 aromatic rings. The van der Waals surface area contributed by atoms with E-state index in [0.29, 0.717) is 13.0 Å². The molecule has 1 aromatic heterocycles. The minimum atomic E-state index is 0.0236. The molecule has 0 radical (unpaired) electrons. The molecule has 0 saturated heterocycles. The molecule has 0 atom stereocenters. The van der Waals surface area contributed by atoms with Gasteiger partial charge in [-0.15, -0.1) is 0 Å². The molecule has 110 valence electrons. The summed E-state index contributed by atoms with van der Waals surface area (Å²) in [5.74, 6) is 0.0236. The SMILES string of the molecule is CCC(=O)Nc1cccc(NCc2ccc(C)cn2)c1C. The molecule has 2 rings (SSSR count). The highest BCUT2D eigenvalue weighted by atomic mass is 16.1. The van der Waals surface area contributed by atoms with E-state index in [1.807, 2.05) is 51.2 Å². The third-order valence-corrected chi connectivity index (χ3v) is 3.36. The molecule has 0 saturated carbocycles. The fourth-order valence-electron chi connectivity index (χ4n) is 1.99. The molecular formula is C17H21N3O. The van der Waals surface area contributed by atoms with E-state index in [4.69, 9.17) is 0 Å². The number of hydrogen-bond acceptors (Lipinski definition) is 3. The Balaban J connectivity index is 2.08. The highest BCUT2D eigenvalue weighted by Crippen LogP contribution is 2.23. The van der Waals surface area contributed by atoms with Crippen LogP contribution in [-0.4, -0.2) is 10.9 Å². The van der Waals surface area contributed by atoms with Crippen LogP contribution in [0.5, 0.6) is 0 Å². The van der Waals surface area contributed by atoms with Gasteiger partial charge in [0.15, 0.2) is 0 Å². The number of carbonyl (C=O) groups is 1. The van der Waals surface area contributed by atoms with Gasteiger partial charge in [0.1, 0.15) is 0 Å². The van der Waals surface area contributed by atoms with E-state index in [-0.39, 0.29) is 5.91 Å². The maximum absolute atomic E-state index is 11.5. The summed E-state index contributed by atoms with van der Waals surface area (Å²) in [4.78, 5) is 15.9. The smallest absolute Gasteiger partial charge is 0.224 e. The summed E-state index contributed by atoms with van der Waals surface area (Å²) in [6, 6.07) is 9.92. The summed E-state index contributed by atoms with van der Waals surface area (Å²) in [6.45, 7) is 6.52. The van der Waals surface area contributed by atoms with Crippen LogP contribution < -0.4 is 10.6 Å². The van der Waals surface area contributed by atoms with Crippen molar-refractivity contribution in [3.8, 4) is 0 Å². The van der Waals surface area contributed by atoms with E-state index in [2.05, 4.69) is 21.7 Å². The summed E-state index contributed by atoms with van der Waals surface area (Å²) in [5, 5.41) is 6.28. The van der Waals surface area contributed by atoms with Crippen molar-refractivity contribution >= 4 is 17.3 Å². The first-order valence-corrected chi connectivity index (χ1v) is 7.15. The number of benzene rings is 1. The van der Waals surface area contributed by atoms with Crippen LogP contribution in [0.25, 0.3) is 0 Å². The Labute approximate surface area is 125 Å². The number of nitrogens with one attached hydrogen (secondary N) is 2. The average Bonchev–Trinajstić information content (AvgIpc) is 2.49. The zero-order chi connectivity index (χ0) is 15.2. The van der Waals surface area contributed by atoms with Gasteiger partial charge in [0.2, 0.25) is 5.91 Å². The molecule has 1 aromatic carbocycles. The summed E-state index contributed by atoms with van der Waals surface area (Å²) < 4.78 is 0. The highest BCUT2D eigenvalue weighted by molar-refractivity contribution is 5.92. The van der Waals surface area contributed by atoms with Gasteiger partial charge in [-0.05, 0) is 43.2 Å². The number of aromatic nitrogens is 1. The molecule has 4 heteroatoms. The number of aryl methyl sites for hydroxylation is 1. The first kappa shape index (κ1) is 15.0. The second kappa shape index (κ2) is 6.88. The molecule has 2 N–H and O–H groups in total. The van der Waals surface area contributed by atoms with Crippen molar-refractivity contribution in [2.45, 2.75) is 33.7 Å². The maximum atomic E-state index is 11.5. The van der Waals surface area contributed by atoms with Gasteiger partial charge in [-0.25, -0.2) is 0 Å². The van der Waals surface area contributed by atoms with Gasteiger partial charge in [0.25, 0.3) is 0 Å². The molecule has 21 heavy (non-hydrogen) atoms. The normalized spacial score (nSPS) is 10.2. The van der Waals surface area contributed by atoms with E-state index < -0.39 is 0 Å². The maximum Gasteiger partial charge on any atom is 0.224 e. The lowest BCUT2D eigenvalue weighted by molar-refractivity contribution is -0.115. The lowest BCUT2D eigenvalue weighted by Gasteiger charge is -2.13. The summed E-state index contributed by atoms with van der Waals surface area (Å²) in [7, 11) is 0. The van der Waals surface area contributed by atoms with Crippen LogP contribution in [0, 0.1) is 13.8 Å². The third-order valence-electron chi connectivity index (χ3n) is 3.36. The van der Waals surface area contributed by atoms with Crippen molar-refractivity contribution in [2.24, 2.45) is 0 Å².